The van der Waals surface area contributed by atoms with E-state index in [1.807, 2.05) is 12.1 Å². The molecule has 1 amide bonds. The summed E-state index contributed by atoms with van der Waals surface area (Å²) >= 11 is 6.36. The predicted molar refractivity (Wildman–Crippen MR) is 148 cm³/mol. The second-order valence-corrected chi connectivity index (χ2v) is 13.3. The topological polar surface area (TPSA) is 84.9 Å². The van der Waals surface area contributed by atoms with Crippen molar-refractivity contribution < 1.29 is 22.7 Å². The summed E-state index contributed by atoms with van der Waals surface area (Å²) in [5, 5.41) is 0.752. The Kier molecular flexibility index (Phi) is 6.91. The van der Waals surface area contributed by atoms with Gasteiger partial charge in [0.15, 0.2) is 0 Å². The molecule has 1 spiro atoms. The van der Waals surface area contributed by atoms with Gasteiger partial charge >= 0.3 is 0 Å². The number of sulfonamides is 1. The van der Waals surface area contributed by atoms with Crippen LogP contribution in [0.2, 0.25) is 5.02 Å². The third-order valence-corrected chi connectivity index (χ3v) is 10.0. The SMILES string of the molecule is O=C1NS(=O)(=O)CCOC/C=C/[C@@H]2CC[C@H]2CN2C[C@@]3(CCCc4cc(Cl)ccc43)COc3ccc1cc32. The van der Waals surface area contributed by atoms with Gasteiger partial charge in [0.25, 0.3) is 5.91 Å². The Morgan fingerprint density at radius 2 is 2.03 bits per heavy atom. The Labute approximate surface area is 229 Å². The number of nitrogens with one attached hydrogen (secondary N) is 1. The van der Waals surface area contributed by atoms with Crippen LogP contribution >= 0.6 is 11.6 Å². The number of anilines is 1. The number of benzene rings is 2. The van der Waals surface area contributed by atoms with Gasteiger partial charge in [0.2, 0.25) is 10.0 Å². The Hall–Kier alpha value is -2.55. The first kappa shape index (κ1) is 25.7. The van der Waals surface area contributed by atoms with Gasteiger partial charge in [0.05, 0.1) is 31.3 Å². The molecule has 0 saturated heterocycles. The molecule has 4 aliphatic rings. The summed E-state index contributed by atoms with van der Waals surface area (Å²) in [4.78, 5) is 15.4. The van der Waals surface area contributed by atoms with E-state index >= 15 is 0 Å². The molecule has 2 aliphatic heterocycles. The first-order valence-electron chi connectivity index (χ1n) is 13.4. The molecule has 0 aromatic heterocycles. The molecule has 1 fully saturated rings. The molecule has 7 nitrogen and oxygen atoms in total. The van der Waals surface area contributed by atoms with E-state index in [1.54, 1.807) is 18.2 Å². The highest BCUT2D eigenvalue weighted by Gasteiger charge is 2.43. The fourth-order valence-corrected chi connectivity index (χ4v) is 7.45. The van der Waals surface area contributed by atoms with Crippen LogP contribution in [-0.4, -0.2) is 53.0 Å². The molecule has 9 heteroatoms. The van der Waals surface area contributed by atoms with Crippen molar-refractivity contribution >= 4 is 33.2 Å². The lowest BCUT2D eigenvalue weighted by Crippen LogP contribution is -2.48. The zero-order valence-corrected chi connectivity index (χ0v) is 22.9. The van der Waals surface area contributed by atoms with Gasteiger partial charge in [-0.3, -0.25) is 4.79 Å². The maximum atomic E-state index is 13.0. The fourth-order valence-electron chi connectivity index (χ4n) is 6.41. The number of ether oxygens (including phenoxy) is 2. The van der Waals surface area contributed by atoms with Gasteiger partial charge in [-0.05, 0) is 85.4 Å². The number of carbonyl (C=O) groups is 1. The fraction of sp³-hybridized carbons (Fsp3) is 0.483. The van der Waals surface area contributed by atoms with Crippen LogP contribution in [0.3, 0.4) is 0 Å². The average Bonchev–Trinajstić information content (AvgIpc) is 3.02. The Balaban J connectivity index is 1.41. The molecule has 1 N–H and O–H groups in total. The second kappa shape index (κ2) is 10.2. The molecular weight excluding hydrogens is 524 g/mol. The molecular formula is C29H33ClN2O5S. The summed E-state index contributed by atoms with van der Waals surface area (Å²) in [5.41, 5.74) is 3.51. The van der Waals surface area contributed by atoms with E-state index in [0.29, 0.717) is 30.6 Å². The molecule has 0 radical (unpaired) electrons. The molecule has 202 valence electrons. The van der Waals surface area contributed by atoms with Crippen molar-refractivity contribution in [3.05, 3.63) is 70.3 Å². The lowest BCUT2D eigenvalue weighted by molar-refractivity contribution is 0.0981. The van der Waals surface area contributed by atoms with Crippen molar-refractivity contribution in [3.8, 4) is 5.75 Å². The number of nitrogens with zero attached hydrogens (tertiary/aromatic N) is 1. The number of allylic oxidation sites excluding steroid dienone is 1. The number of hydrogen-bond acceptors (Lipinski definition) is 6. The predicted octanol–water partition coefficient (Wildman–Crippen LogP) is 4.49. The van der Waals surface area contributed by atoms with Crippen LogP contribution in [-0.2, 0) is 26.6 Å². The minimum absolute atomic E-state index is 0.0294. The van der Waals surface area contributed by atoms with Crippen molar-refractivity contribution in [1.29, 1.82) is 0 Å². The molecule has 3 atom stereocenters. The number of carbonyl (C=O) groups excluding carboxylic acids is 1. The molecule has 0 unspecified atom stereocenters. The summed E-state index contributed by atoms with van der Waals surface area (Å²) < 4.78 is 39.2. The molecule has 38 heavy (non-hydrogen) atoms. The van der Waals surface area contributed by atoms with Crippen LogP contribution in [0.15, 0.2) is 48.6 Å². The van der Waals surface area contributed by atoms with E-state index in [9.17, 15) is 13.2 Å². The molecule has 2 bridgehead atoms. The van der Waals surface area contributed by atoms with Gasteiger partial charge in [0, 0.05) is 29.1 Å². The highest BCUT2D eigenvalue weighted by atomic mass is 35.5. The summed E-state index contributed by atoms with van der Waals surface area (Å²) in [7, 11) is -3.82. The standard InChI is InChI=1S/C29H33ClN2O5S/c30-24-8-9-25-21(15-24)3-1-11-29(25)18-32-17-23-6-5-20(23)4-2-12-36-13-14-38(34,35)31-28(33)22-7-10-27(37-19-29)26(32)16-22/h2,4,7-10,15-16,20,23H,1,3,5-6,11-14,17-19H2,(H,31,33)/b4-2+/t20-,23+,29+/m1/s1. The Morgan fingerprint density at radius 3 is 2.87 bits per heavy atom. The maximum absolute atomic E-state index is 13.0. The Bertz CT molecular complexity index is 1380. The smallest absolute Gasteiger partial charge is 0.264 e. The summed E-state index contributed by atoms with van der Waals surface area (Å²) in [6.45, 7) is 2.52. The van der Waals surface area contributed by atoms with E-state index in [1.165, 1.54) is 11.1 Å². The van der Waals surface area contributed by atoms with Crippen molar-refractivity contribution in [2.75, 3.05) is 43.6 Å². The van der Waals surface area contributed by atoms with Crippen molar-refractivity contribution in [1.82, 2.24) is 4.72 Å². The number of amides is 1. The number of aryl methyl sites for hydroxylation is 1. The molecule has 1 saturated carbocycles. The van der Waals surface area contributed by atoms with E-state index in [0.717, 1.165) is 61.7 Å². The monoisotopic (exact) mass is 556 g/mol. The van der Waals surface area contributed by atoms with Gasteiger partial charge in [-0.1, -0.05) is 29.8 Å². The number of hydrogen-bond donors (Lipinski definition) is 1. The average molecular weight is 557 g/mol. The van der Waals surface area contributed by atoms with E-state index in [4.69, 9.17) is 21.1 Å². The molecule has 2 heterocycles. The summed E-state index contributed by atoms with van der Waals surface area (Å²) in [6.07, 6.45) is 9.54. The largest absolute Gasteiger partial charge is 0.490 e. The van der Waals surface area contributed by atoms with Gasteiger partial charge in [-0.2, -0.15) is 0 Å². The van der Waals surface area contributed by atoms with Crippen molar-refractivity contribution in [2.45, 2.75) is 37.5 Å². The van der Waals surface area contributed by atoms with Crippen LogP contribution < -0.4 is 14.4 Å². The third kappa shape index (κ3) is 5.06. The van der Waals surface area contributed by atoms with Crippen LogP contribution in [0.1, 0.15) is 47.2 Å². The lowest BCUT2D eigenvalue weighted by atomic mass is 9.69. The van der Waals surface area contributed by atoms with Crippen LogP contribution in [0.4, 0.5) is 5.69 Å². The second-order valence-electron chi connectivity index (χ2n) is 11.0. The first-order valence-corrected chi connectivity index (χ1v) is 15.4. The Morgan fingerprint density at radius 1 is 1.13 bits per heavy atom. The van der Waals surface area contributed by atoms with Crippen molar-refractivity contribution in [2.24, 2.45) is 11.8 Å². The first-order chi connectivity index (χ1) is 18.3. The summed E-state index contributed by atoms with van der Waals surface area (Å²) in [6, 6.07) is 11.4. The minimum atomic E-state index is -3.82. The van der Waals surface area contributed by atoms with Crippen molar-refractivity contribution in [3.63, 3.8) is 0 Å². The lowest BCUT2D eigenvalue weighted by Gasteiger charge is -2.44. The maximum Gasteiger partial charge on any atom is 0.264 e. The van der Waals surface area contributed by atoms with Gasteiger partial charge in [0.1, 0.15) is 5.75 Å². The van der Waals surface area contributed by atoms with E-state index < -0.39 is 15.9 Å². The minimum Gasteiger partial charge on any atom is -0.490 e. The number of fused-ring (bicyclic) bond motifs is 4. The normalized spacial score (nSPS) is 29.6. The zero-order chi connectivity index (χ0) is 26.3. The highest BCUT2D eigenvalue weighted by molar-refractivity contribution is 7.90. The van der Waals surface area contributed by atoms with Crippen LogP contribution in [0.5, 0.6) is 5.75 Å². The van der Waals surface area contributed by atoms with Gasteiger partial charge in [-0.15, -0.1) is 0 Å². The number of halogens is 1. The zero-order valence-electron chi connectivity index (χ0n) is 21.3. The van der Waals surface area contributed by atoms with E-state index in [-0.39, 0.29) is 17.8 Å². The van der Waals surface area contributed by atoms with Gasteiger partial charge < -0.3 is 14.4 Å². The third-order valence-electron chi connectivity index (χ3n) is 8.57. The number of rotatable bonds is 0. The quantitative estimate of drug-likeness (QED) is 0.481. The molecule has 2 aromatic rings. The van der Waals surface area contributed by atoms with Crippen LogP contribution in [0, 0.1) is 11.8 Å². The molecule has 6 rings (SSSR count). The van der Waals surface area contributed by atoms with Crippen LogP contribution in [0.25, 0.3) is 0 Å². The van der Waals surface area contributed by atoms with Gasteiger partial charge in [-0.25, -0.2) is 13.1 Å². The highest BCUT2D eigenvalue weighted by Crippen LogP contribution is 2.46. The molecule has 2 aromatic carbocycles. The summed E-state index contributed by atoms with van der Waals surface area (Å²) in [5.74, 6) is 0.738. The van der Waals surface area contributed by atoms with E-state index in [2.05, 4.69) is 27.8 Å². The molecule has 2 aliphatic carbocycles.